The van der Waals surface area contributed by atoms with Crippen molar-refractivity contribution in [2.75, 3.05) is 0 Å². The number of nitrogens with two attached hydrogens (primary N) is 1. The van der Waals surface area contributed by atoms with Crippen LogP contribution in [0.1, 0.15) is 31.9 Å². The third-order valence-electron chi connectivity index (χ3n) is 2.38. The summed E-state index contributed by atoms with van der Waals surface area (Å²) in [6.45, 7) is 4.16. The molecule has 0 aliphatic heterocycles. The van der Waals surface area contributed by atoms with Crippen LogP contribution in [-0.2, 0) is 0 Å². The van der Waals surface area contributed by atoms with Gasteiger partial charge in [-0.3, -0.25) is 0 Å². The highest BCUT2D eigenvalue weighted by Crippen LogP contribution is 2.21. The van der Waals surface area contributed by atoms with Crippen LogP contribution in [-0.4, -0.2) is 11.2 Å². The summed E-state index contributed by atoms with van der Waals surface area (Å²) >= 11 is 3.37. The molecule has 2 atom stereocenters. The Bertz CT molecular complexity index is 302. The van der Waals surface area contributed by atoms with E-state index < -0.39 is 6.10 Å². The van der Waals surface area contributed by atoms with Gasteiger partial charge in [-0.1, -0.05) is 41.9 Å². The zero-order chi connectivity index (χ0) is 11.4. The van der Waals surface area contributed by atoms with E-state index in [1.807, 2.05) is 24.3 Å². The fourth-order valence-electron chi connectivity index (χ4n) is 1.54. The maximum absolute atomic E-state index is 9.87. The second-order valence-electron chi connectivity index (χ2n) is 4.27. The first-order valence-corrected chi connectivity index (χ1v) is 5.99. The van der Waals surface area contributed by atoms with Crippen molar-refractivity contribution in [2.24, 2.45) is 11.7 Å². The van der Waals surface area contributed by atoms with Crippen LogP contribution in [0.3, 0.4) is 0 Å². The molecule has 2 nitrogen and oxygen atoms in total. The van der Waals surface area contributed by atoms with Crippen molar-refractivity contribution < 1.29 is 5.11 Å². The summed E-state index contributed by atoms with van der Waals surface area (Å²) in [5, 5.41) is 9.87. The first-order chi connectivity index (χ1) is 7.00. The van der Waals surface area contributed by atoms with Crippen LogP contribution in [0.4, 0.5) is 0 Å². The lowest BCUT2D eigenvalue weighted by Crippen LogP contribution is -2.27. The van der Waals surface area contributed by atoms with Crippen molar-refractivity contribution in [3.63, 3.8) is 0 Å². The van der Waals surface area contributed by atoms with Gasteiger partial charge in [-0.2, -0.15) is 0 Å². The van der Waals surface area contributed by atoms with Gasteiger partial charge in [0, 0.05) is 4.47 Å². The van der Waals surface area contributed by atoms with Crippen molar-refractivity contribution in [3.05, 3.63) is 34.3 Å². The third-order valence-corrected chi connectivity index (χ3v) is 2.91. The summed E-state index contributed by atoms with van der Waals surface area (Å²) in [5.74, 6) is 0.460. The molecule has 3 N–H and O–H groups in total. The van der Waals surface area contributed by atoms with Crippen molar-refractivity contribution in [1.82, 2.24) is 0 Å². The SMILES string of the molecule is CC(C)C[C@@H](O)[C@@H](N)c1ccc(Br)cc1.Cl. The Hall–Kier alpha value is -0.0900. The summed E-state index contributed by atoms with van der Waals surface area (Å²) in [6, 6.07) is 7.48. The summed E-state index contributed by atoms with van der Waals surface area (Å²) < 4.78 is 1.02. The van der Waals surface area contributed by atoms with Crippen LogP contribution in [0.15, 0.2) is 28.7 Å². The Morgan fingerprint density at radius 1 is 1.25 bits per heavy atom. The molecule has 1 rings (SSSR count). The van der Waals surface area contributed by atoms with Gasteiger partial charge in [-0.05, 0) is 30.0 Å². The van der Waals surface area contributed by atoms with Gasteiger partial charge >= 0.3 is 0 Å². The second-order valence-corrected chi connectivity index (χ2v) is 5.19. The fraction of sp³-hybridized carbons (Fsp3) is 0.500. The lowest BCUT2D eigenvalue weighted by Gasteiger charge is -2.20. The van der Waals surface area contributed by atoms with E-state index in [0.717, 1.165) is 16.5 Å². The molecule has 0 radical (unpaired) electrons. The maximum atomic E-state index is 9.87. The zero-order valence-corrected chi connectivity index (χ0v) is 12.0. The van der Waals surface area contributed by atoms with E-state index in [9.17, 15) is 5.11 Å². The molecule has 4 heteroatoms. The van der Waals surface area contributed by atoms with Crippen LogP contribution in [0.25, 0.3) is 0 Å². The predicted octanol–water partition coefficient (Wildman–Crippen LogP) is 3.28. The van der Waals surface area contributed by atoms with E-state index in [4.69, 9.17) is 5.73 Å². The van der Waals surface area contributed by atoms with E-state index in [-0.39, 0.29) is 18.4 Å². The summed E-state index contributed by atoms with van der Waals surface area (Å²) in [7, 11) is 0. The first kappa shape index (κ1) is 15.9. The van der Waals surface area contributed by atoms with E-state index in [1.165, 1.54) is 0 Å². The zero-order valence-electron chi connectivity index (χ0n) is 9.56. The number of benzene rings is 1. The van der Waals surface area contributed by atoms with Crippen LogP contribution < -0.4 is 5.73 Å². The monoisotopic (exact) mass is 307 g/mol. The number of halogens is 2. The van der Waals surface area contributed by atoms with Crippen LogP contribution in [0, 0.1) is 5.92 Å². The Morgan fingerprint density at radius 3 is 2.19 bits per heavy atom. The lowest BCUT2D eigenvalue weighted by molar-refractivity contribution is 0.121. The van der Waals surface area contributed by atoms with Gasteiger partial charge in [0.2, 0.25) is 0 Å². The molecule has 0 saturated heterocycles. The second kappa shape index (κ2) is 7.28. The number of aliphatic hydroxyl groups is 1. The highest BCUT2D eigenvalue weighted by Gasteiger charge is 2.17. The van der Waals surface area contributed by atoms with Crippen molar-refractivity contribution in [3.8, 4) is 0 Å². The van der Waals surface area contributed by atoms with Gasteiger partial charge in [0.05, 0.1) is 12.1 Å². The summed E-state index contributed by atoms with van der Waals surface area (Å²) in [6.07, 6.45) is 0.267. The van der Waals surface area contributed by atoms with E-state index in [0.29, 0.717) is 5.92 Å². The quantitative estimate of drug-likeness (QED) is 0.896. The number of rotatable bonds is 4. The number of hydrogen-bond acceptors (Lipinski definition) is 2. The van der Waals surface area contributed by atoms with E-state index in [1.54, 1.807) is 0 Å². The molecule has 0 amide bonds. The summed E-state index contributed by atoms with van der Waals surface area (Å²) in [5.41, 5.74) is 6.95. The molecule has 0 fully saturated rings. The predicted molar refractivity (Wildman–Crippen MR) is 73.8 cm³/mol. The van der Waals surface area contributed by atoms with Crippen molar-refractivity contribution in [2.45, 2.75) is 32.4 Å². The molecule has 0 saturated carbocycles. The van der Waals surface area contributed by atoms with Crippen LogP contribution >= 0.6 is 28.3 Å². The number of hydrogen-bond donors (Lipinski definition) is 2. The standard InChI is InChI=1S/C12H18BrNO.ClH/c1-8(2)7-11(15)12(14)9-3-5-10(13)6-4-9;/h3-6,8,11-12,15H,7,14H2,1-2H3;1H/t11-,12+;/m1./s1. The normalized spacial score (nSPS) is 14.4. The first-order valence-electron chi connectivity index (χ1n) is 5.20. The van der Waals surface area contributed by atoms with Gasteiger partial charge in [-0.15, -0.1) is 12.4 Å². The highest BCUT2D eigenvalue weighted by atomic mass is 79.9. The van der Waals surface area contributed by atoms with Gasteiger partial charge in [0.1, 0.15) is 0 Å². The Balaban J connectivity index is 0.00000225. The van der Waals surface area contributed by atoms with Crippen molar-refractivity contribution >= 4 is 28.3 Å². The molecule has 0 spiro atoms. The molecule has 1 aromatic rings. The minimum Gasteiger partial charge on any atom is -0.391 e. The van der Waals surface area contributed by atoms with Gasteiger partial charge < -0.3 is 10.8 Å². The molecule has 16 heavy (non-hydrogen) atoms. The number of aliphatic hydroxyl groups excluding tert-OH is 1. The molecule has 0 aliphatic carbocycles. The average Bonchev–Trinajstić information content (AvgIpc) is 2.17. The molecular formula is C12H19BrClNO. The third kappa shape index (κ3) is 4.83. The molecule has 0 unspecified atom stereocenters. The van der Waals surface area contributed by atoms with E-state index >= 15 is 0 Å². The fourth-order valence-corrected chi connectivity index (χ4v) is 1.80. The maximum Gasteiger partial charge on any atom is 0.0735 e. The minimum atomic E-state index is -0.467. The van der Waals surface area contributed by atoms with Gasteiger partial charge in [0.15, 0.2) is 0 Å². The Morgan fingerprint density at radius 2 is 1.75 bits per heavy atom. The molecular weight excluding hydrogens is 289 g/mol. The molecule has 0 heterocycles. The highest BCUT2D eigenvalue weighted by molar-refractivity contribution is 9.10. The summed E-state index contributed by atoms with van der Waals surface area (Å²) in [4.78, 5) is 0. The van der Waals surface area contributed by atoms with Crippen molar-refractivity contribution in [1.29, 1.82) is 0 Å². The largest absolute Gasteiger partial charge is 0.391 e. The van der Waals surface area contributed by atoms with Crippen LogP contribution in [0.2, 0.25) is 0 Å². The van der Waals surface area contributed by atoms with Gasteiger partial charge in [0.25, 0.3) is 0 Å². The molecule has 92 valence electrons. The smallest absolute Gasteiger partial charge is 0.0735 e. The topological polar surface area (TPSA) is 46.2 Å². The lowest BCUT2D eigenvalue weighted by atomic mass is 9.95. The molecule has 0 aliphatic rings. The average molecular weight is 309 g/mol. The molecule has 0 aromatic heterocycles. The Kier molecular flexibility index (Phi) is 7.24. The van der Waals surface area contributed by atoms with E-state index in [2.05, 4.69) is 29.8 Å². The van der Waals surface area contributed by atoms with Crippen LogP contribution in [0.5, 0.6) is 0 Å². The molecule has 0 bridgehead atoms. The minimum absolute atomic E-state index is 0. The Labute approximate surface area is 112 Å². The molecule has 1 aromatic carbocycles. The van der Waals surface area contributed by atoms with Gasteiger partial charge in [-0.25, -0.2) is 0 Å².